The Labute approximate surface area is 86.6 Å². The molecule has 0 saturated heterocycles. The molecular weight excluding hydrogens is 190 g/mol. The lowest BCUT2D eigenvalue weighted by Gasteiger charge is -2.00. The summed E-state index contributed by atoms with van der Waals surface area (Å²) in [5, 5.41) is 3.15. The molecule has 2 aromatic rings. The molecule has 2 heterocycles. The molecule has 0 amide bonds. The molecule has 0 spiro atoms. The summed E-state index contributed by atoms with van der Waals surface area (Å²) < 4.78 is 1.60. The molecule has 1 N–H and O–H groups in total. The highest BCUT2D eigenvalue weighted by molar-refractivity contribution is 5.32. The van der Waals surface area contributed by atoms with E-state index in [4.69, 9.17) is 0 Å². The zero-order chi connectivity index (χ0) is 10.3. The van der Waals surface area contributed by atoms with Crippen molar-refractivity contribution in [1.82, 2.24) is 14.8 Å². The molecule has 0 unspecified atom stereocenters. The molecule has 0 bridgehead atoms. The minimum atomic E-state index is 0.0914. The molecule has 0 aromatic carbocycles. The van der Waals surface area contributed by atoms with Crippen molar-refractivity contribution in [1.29, 1.82) is 0 Å². The Morgan fingerprint density at radius 1 is 1.27 bits per heavy atom. The fourth-order valence-corrected chi connectivity index (χ4v) is 2.10. The number of rotatable bonds is 1. The summed E-state index contributed by atoms with van der Waals surface area (Å²) >= 11 is 0. The topological polar surface area (TPSA) is 50.7 Å². The van der Waals surface area contributed by atoms with Crippen molar-refractivity contribution in [3.8, 4) is 5.69 Å². The maximum absolute atomic E-state index is 12.0. The van der Waals surface area contributed by atoms with Gasteiger partial charge in [-0.1, -0.05) is 0 Å². The summed E-state index contributed by atoms with van der Waals surface area (Å²) in [7, 11) is 0. The van der Waals surface area contributed by atoms with E-state index >= 15 is 0 Å². The van der Waals surface area contributed by atoms with Crippen LogP contribution in [0.4, 0.5) is 0 Å². The smallest absolute Gasteiger partial charge is 0.274 e. The second kappa shape index (κ2) is 3.08. The predicted molar refractivity (Wildman–Crippen MR) is 56.2 cm³/mol. The Kier molecular flexibility index (Phi) is 1.74. The first-order valence-electron chi connectivity index (χ1n) is 5.09. The van der Waals surface area contributed by atoms with Gasteiger partial charge in [-0.3, -0.25) is 14.9 Å². The number of aromatic nitrogens is 3. The highest BCUT2D eigenvalue weighted by Crippen LogP contribution is 2.17. The average Bonchev–Trinajstić information content (AvgIpc) is 2.83. The first-order chi connectivity index (χ1) is 7.36. The van der Waals surface area contributed by atoms with E-state index in [2.05, 4.69) is 10.1 Å². The van der Waals surface area contributed by atoms with Gasteiger partial charge in [0.05, 0.1) is 5.69 Å². The summed E-state index contributed by atoms with van der Waals surface area (Å²) in [6.45, 7) is 0. The molecule has 0 aliphatic heterocycles. The molecule has 1 aliphatic carbocycles. The molecule has 0 radical (unpaired) electrons. The van der Waals surface area contributed by atoms with E-state index in [1.54, 1.807) is 17.1 Å². The Balaban J connectivity index is 2.19. The van der Waals surface area contributed by atoms with Crippen LogP contribution in [-0.4, -0.2) is 14.8 Å². The summed E-state index contributed by atoms with van der Waals surface area (Å²) in [5.74, 6) is 0. The van der Waals surface area contributed by atoms with Gasteiger partial charge in [0.25, 0.3) is 5.56 Å². The van der Waals surface area contributed by atoms with Crippen molar-refractivity contribution >= 4 is 0 Å². The lowest BCUT2D eigenvalue weighted by molar-refractivity contribution is 0.778. The maximum Gasteiger partial charge on any atom is 0.274 e. The van der Waals surface area contributed by atoms with Crippen LogP contribution in [0.15, 0.2) is 29.3 Å². The number of hydrogen-bond acceptors (Lipinski definition) is 2. The quantitative estimate of drug-likeness (QED) is 0.749. The summed E-state index contributed by atoms with van der Waals surface area (Å²) in [6.07, 6.45) is 6.36. The van der Waals surface area contributed by atoms with Crippen LogP contribution in [0.2, 0.25) is 0 Å². The molecular formula is C11H11N3O. The van der Waals surface area contributed by atoms with Gasteiger partial charge in [-0.2, -0.15) is 0 Å². The predicted octanol–water partition coefficient (Wildman–Crippen LogP) is 1.05. The first kappa shape index (κ1) is 8.47. The Hall–Kier alpha value is -1.84. The third-order valence-corrected chi connectivity index (χ3v) is 2.85. The Morgan fingerprint density at radius 3 is 2.80 bits per heavy atom. The summed E-state index contributed by atoms with van der Waals surface area (Å²) in [6, 6.07) is 3.65. The highest BCUT2D eigenvalue weighted by atomic mass is 16.1. The molecule has 3 rings (SSSR count). The summed E-state index contributed by atoms with van der Waals surface area (Å²) in [5.41, 5.74) is 2.99. The molecule has 15 heavy (non-hydrogen) atoms. The lowest BCUT2D eigenvalue weighted by Crippen LogP contribution is -2.17. The van der Waals surface area contributed by atoms with E-state index < -0.39 is 0 Å². The Bertz CT molecular complexity index is 539. The van der Waals surface area contributed by atoms with Crippen LogP contribution in [0.25, 0.3) is 5.69 Å². The number of nitrogens with one attached hydrogen (secondary N) is 1. The number of aryl methyl sites for hydroxylation is 1. The number of hydrogen-bond donors (Lipinski definition) is 1. The standard InChI is InChI=1S/C11H11N3O/c15-11-9-2-1-3-10(9)13-14(11)8-4-6-12-7-5-8/h4-7,13H,1-3H2. The van der Waals surface area contributed by atoms with Gasteiger partial charge in [-0.05, 0) is 31.4 Å². The molecule has 0 fully saturated rings. The monoisotopic (exact) mass is 201 g/mol. The van der Waals surface area contributed by atoms with Crippen molar-refractivity contribution < 1.29 is 0 Å². The zero-order valence-corrected chi connectivity index (χ0v) is 8.23. The van der Waals surface area contributed by atoms with Crippen molar-refractivity contribution in [3.63, 3.8) is 0 Å². The number of H-pyrrole nitrogens is 1. The third-order valence-electron chi connectivity index (χ3n) is 2.85. The number of aromatic amines is 1. The van der Waals surface area contributed by atoms with E-state index in [0.29, 0.717) is 0 Å². The van der Waals surface area contributed by atoms with Gasteiger partial charge in [0.2, 0.25) is 0 Å². The van der Waals surface area contributed by atoms with E-state index in [0.717, 1.165) is 36.2 Å². The number of pyridine rings is 1. The lowest BCUT2D eigenvalue weighted by atomic mass is 10.3. The van der Waals surface area contributed by atoms with Gasteiger partial charge in [0.15, 0.2) is 0 Å². The SMILES string of the molecule is O=c1c2c([nH]n1-c1ccncc1)CCC2. The van der Waals surface area contributed by atoms with Gasteiger partial charge in [-0.25, -0.2) is 4.68 Å². The zero-order valence-electron chi connectivity index (χ0n) is 8.23. The van der Waals surface area contributed by atoms with Crippen LogP contribution in [0, 0.1) is 0 Å². The second-order valence-corrected chi connectivity index (χ2v) is 3.77. The number of nitrogens with zero attached hydrogens (tertiary/aromatic N) is 2. The van der Waals surface area contributed by atoms with Crippen LogP contribution < -0.4 is 5.56 Å². The van der Waals surface area contributed by atoms with Gasteiger partial charge in [0.1, 0.15) is 0 Å². The van der Waals surface area contributed by atoms with Crippen molar-refractivity contribution in [3.05, 3.63) is 46.1 Å². The normalized spacial score (nSPS) is 14.1. The molecule has 76 valence electrons. The van der Waals surface area contributed by atoms with Gasteiger partial charge < -0.3 is 0 Å². The van der Waals surface area contributed by atoms with Crippen molar-refractivity contribution in [2.24, 2.45) is 0 Å². The Morgan fingerprint density at radius 2 is 2.07 bits per heavy atom. The van der Waals surface area contributed by atoms with E-state index in [9.17, 15) is 4.79 Å². The van der Waals surface area contributed by atoms with Crippen molar-refractivity contribution in [2.75, 3.05) is 0 Å². The first-order valence-corrected chi connectivity index (χ1v) is 5.09. The van der Waals surface area contributed by atoms with Crippen LogP contribution >= 0.6 is 0 Å². The van der Waals surface area contributed by atoms with Gasteiger partial charge in [0, 0.05) is 23.7 Å². The molecule has 4 heteroatoms. The van der Waals surface area contributed by atoms with E-state index in [1.165, 1.54) is 0 Å². The van der Waals surface area contributed by atoms with Crippen LogP contribution in [0.1, 0.15) is 17.7 Å². The molecule has 0 atom stereocenters. The van der Waals surface area contributed by atoms with E-state index in [-0.39, 0.29) is 5.56 Å². The van der Waals surface area contributed by atoms with Crippen LogP contribution in [0.3, 0.4) is 0 Å². The molecule has 2 aromatic heterocycles. The molecule has 4 nitrogen and oxygen atoms in total. The molecule has 0 saturated carbocycles. The fourth-order valence-electron chi connectivity index (χ4n) is 2.10. The second-order valence-electron chi connectivity index (χ2n) is 3.77. The average molecular weight is 201 g/mol. The van der Waals surface area contributed by atoms with Gasteiger partial charge in [-0.15, -0.1) is 0 Å². The molecule has 1 aliphatic rings. The highest BCUT2D eigenvalue weighted by Gasteiger charge is 2.19. The van der Waals surface area contributed by atoms with Gasteiger partial charge >= 0.3 is 0 Å². The maximum atomic E-state index is 12.0. The van der Waals surface area contributed by atoms with Crippen LogP contribution in [0.5, 0.6) is 0 Å². The fraction of sp³-hybridized carbons (Fsp3) is 0.273. The van der Waals surface area contributed by atoms with Crippen LogP contribution in [-0.2, 0) is 12.8 Å². The minimum Gasteiger partial charge on any atom is -0.295 e. The third kappa shape index (κ3) is 1.21. The van der Waals surface area contributed by atoms with E-state index in [1.807, 2.05) is 12.1 Å². The number of fused-ring (bicyclic) bond motifs is 1. The van der Waals surface area contributed by atoms with Crippen molar-refractivity contribution in [2.45, 2.75) is 19.3 Å². The largest absolute Gasteiger partial charge is 0.295 e. The summed E-state index contributed by atoms with van der Waals surface area (Å²) in [4.78, 5) is 15.9. The minimum absolute atomic E-state index is 0.0914.